The molecule has 1 heterocycles. The Labute approximate surface area is 105 Å². The topological polar surface area (TPSA) is 69.7 Å². The molecule has 96 valence electrons. The molecule has 1 fully saturated rings. The summed E-state index contributed by atoms with van der Waals surface area (Å²) in [6, 6.07) is 8.20. The quantitative estimate of drug-likeness (QED) is 0.675. The number of esters is 1. The van der Waals surface area contributed by atoms with E-state index < -0.39 is 24.0 Å². The number of hydrogen-bond acceptors (Lipinski definition) is 5. The van der Waals surface area contributed by atoms with Crippen LogP contribution in [0.3, 0.4) is 0 Å². The molecule has 0 N–H and O–H groups in total. The second-order valence-corrected chi connectivity index (χ2v) is 4.27. The standard InChI is InChI=1S/C13H15NO4/c1-18-13(17)11-7-10(12(15)16)14(11)8-9-5-3-2-4-6-9/h2-6,10-11H,7-8H2,1H3,(H,15,16)/p-1/t10-,11-/m1/s1. The Balaban J connectivity index is 2.10. The van der Waals surface area contributed by atoms with E-state index in [0.29, 0.717) is 6.54 Å². The summed E-state index contributed by atoms with van der Waals surface area (Å²) in [6.07, 6.45) is 0.252. The summed E-state index contributed by atoms with van der Waals surface area (Å²) >= 11 is 0. The number of carbonyl (C=O) groups is 2. The van der Waals surface area contributed by atoms with Crippen LogP contribution in [0.1, 0.15) is 12.0 Å². The van der Waals surface area contributed by atoms with Crippen molar-refractivity contribution in [3.63, 3.8) is 0 Å². The second kappa shape index (κ2) is 5.18. The summed E-state index contributed by atoms with van der Waals surface area (Å²) in [6.45, 7) is 0.402. The number of carbonyl (C=O) groups excluding carboxylic acids is 2. The van der Waals surface area contributed by atoms with Crippen LogP contribution < -0.4 is 5.11 Å². The first-order valence-electron chi connectivity index (χ1n) is 5.72. The minimum Gasteiger partial charge on any atom is -0.548 e. The molecule has 2 rings (SSSR count). The predicted octanol–water partition coefficient (Wildman–Crippen LogP) is -0.448. The maximum Gasteiger partial charge on any atom is 0.323 e. The molecule has 1 aromatic carbocycles. The number of likely N-dealkylation sites (tertiary alicyclic amines) is 1. The first kappa shape index (κ1) is 12.6. The first-order chi connectivity index (χ1) is 8.63. The van der Waals surface area contributed by atoms with Gasteiger partial charge >= 0.3 is 5.97 Å². The average Bonchev–Trinajstić information content (AvgIpc) is 2.35. The summed E-state index contributed by atoms with van der Waals surface area (Å²) in [5.74, 6) is -1.55. The van der Waals surface area contributed by atoms with E-state index in [1.807, 2.05) is 30.3 Å². The zero-order chi connectivity index (χ0) is 13.1. The van der Waals surface area contributed by atoms with Gasteiger partial charge in [-0.25, -0.2) is 0 Å². The first-order valence-corrected chi connectivity index (χ1v) is 5.72. The van der Waals surface area contributed by atoms with Gasteiger partial charge in [0.25, 0.3) is 0 Å². The highest BCUT2D eigenvalue weighted by molar-refractivity contribution is 5.82. The lowest BCUT2D eigenvalue weighted by atomic mass is 9.92. The summed E-state index contributed by atoms with van der Waals surface area (Å²) < 4.78 is 4.66. The molecule has 0 radical (unpaired) electrons. The van der Waals surface area contributed by atoms with Gasteiger partial charge in [-0.3, -0.25) is 9.69 Å². The number of carboxylic acids is 1. The maximum absolute atomic E-state index is 11.5. The lowest BCUT2D eigenvalue weighted by molar-refractivity contribution is -0.317. The Morgan fingerprint density at radius 2 is 2.00 bits per heavy atom. The van der Waals surface area contributed by atoms with Crippen molar-refractivity contribution in [1.82, 2.24) is 4.90 Å². The van der Waals surface area contributed by atoms with Crippen LogP contribution in [0.15, 0.2) is 30.3 Å². The number of carboxylic acid groups (broad SMARTS) is 1. The number of methoxy groups -OCH3 is 1. The Kier molecular flexibility index (Phi) is 3.62. The summed E-state index contributed by atoms with van der Waals surface area (Å²) in [5.41, 5.74) is 0.956. The van der Waals surface area contributed by atoms with Crippen LogP contribution in [0.4, 0.5) is 0 Å². The molecule has 0 spiro atoms. The van der Waals surface area contributed by atoms with E-state index >= 15 is 0 Å². The number of aliphatic carboxylic acids is 1. The minimum absolute atomic E-state index is 0.252. The van der Waals surface area contributed by atoms with Gasteiger partial charge in [0.1, 0.15) is 6.04 Å². The zero-order valence-electron chi connectivity index (χ0n) is 10.0. The Bertz CT molecular complexity index is 446. The molecule has 0 unspecified atom stereocenters. The number of benzene rings is 1. The van der Waals surface area contributed by atoms with Crippen LogP contribution in [-0.2, 0) is 20.9 Å². The lowest BCUT2D eigenvalue weighted by Gasteiger charge is -2.47. The van der Waals surface area contributed by atoms with Crippen molar-refractivity contribution in [3.8, 4) is 0 Å². The van der Waals surface area contributed by atoms with Gasteiger partial charge in [-0.2, -0.15) is 0 Å². The molecule has 0 aromatic heterocycles. The van der Waals surface area contributed by atoms with Crippen molar-refractivity contribution in [2.75, 3.05) is 7.11 Å². The molecule has 2 atom stereocenters. The van der Waals surface area contributed by atoms with Crippen LogP contribution in [0.5, 0.6) is 0 Å². The number of nitrogens with zero attached hydrogens (tertiary/aromatic N) is 1. The van der Waals surface area contributed by atoms with Crippen molar-refractivity contribution in [2.45, 2.75) is 25.0 Å². The fourth-order valence-corrected chi connectivity index (χ4v) is 2.18. The second-order valence-electron chi connectivity index (χ2n) is 4.27. The highest BCUT2D eigenvalue weighted by Gasteiger charge is 2.44. The van der Waals surface area contributed by atoms with E-state index in [4.69, 9.17) is 0 Å². The van der Waals surface area contributed by atoms with Gasteiger partial charge in [0.05, 0.1) is 19.1 Å². The molecule has 0 saturated carbocycles. The number of ether oxygens (including phenoxy) is 1. The van der Waals surface area contributed by atoms with Crippen LogP contribution in [0.2, 0.25) is 0 Å². The van der Waals surface area contributed by atoms with E-state index in [0.717, 1.165) is 5.56 Å². The molecule has 18 heavy (non-hydrogen) atoms. The van der Waals surface area contributed by atoms with Crippen molar-refractivity contribution >= 4 is 11.9 Å². The largest absolute Gasteiger partial charge is 0.548 e. The molecule has 0 bridgehead atoms. The van der Waals surface area contributed by atoms with Gasteiger partial charge in [0.2, 0.25) is 0 Å². The molecule has 1 aromatic rings. The summed E-state index contributed by atoms with van der Waals surface area (Å²) in [4.78, 5) is 24.0. The molecule has 0 aliphatic carbocycles. The Morgan fingerprint density at radius 1 is 1.33 bits per heavy atom. The predicted molar refractivity (Wildman–Crippen MR) is 61.2 cm³/mol. The SMILES string of the molecule is COC(=O)[C@H]1C[C@H](C(=O)[O-])N1Cc1ccccc1. The van der Waals surface area contributed by atoms with Gasteiger partial charge in [-0.05, 0) is 12.0 Å². The van der Waals surface area contributed by atoms with E-state index in [1.165, 1.54) is 7.11 Å². The van der Waals surface area contributed by atoms with Crippen molar-refractivity contribution in [1.29, 1.82) is 0 Å². The van der Waals surface area contributed by atoms with Crippen molar-refractivity contribution in [2.24, 2.45) is 0 Å². The van der Waals surface area contributed by atoms with Gasteiger partial charge < -0.3 is 14.6 Å². The molecule has 0 amide bonds. The van der Waals surface area contributed by atoms with Gasteiger partial charge in [0.15, 0.2) is 0 Å². The third-order valence-corrected chi connectivity index (χ3v) is 3.20. The molecular weight excluding hydrogens is 234 g/mol. The Morgan fingerprint density at radius 3 is 2.56 bits per heavy atom. The summed E-state index contributed by atoms with van der Waals surface area (Å²) in [5, 5.41) is 10.9. The third kappa shape index (κ3) is 2.36. The summed E-state index contributed by atoms with van der Waals surface area (Å²) in [7, 11) is 1.30. The molecule has 1 aliphatic heterocycles. The fraction of sp³-hybridized carbons (Fsp3) is 0.385. The number of rotatable bonds is 4. The molecule has 1 aliphatic rings. The van der Waals surface area contributed by atoms with E-state index in [2.05, 4.69) is 4.74 Å². The van der Waals surface area contributed by atoms with Gasteiger partial charge in [-0.1, -0.05) is 30.3 Å². The number of hydrogen-bond donors (Lipinski definition) is 0. The monoisotopic (exact) mass is 248 g/mol. The molecule has 5 nitrogen and oxygen atoms in total. The highest BCUT2D eigenvalue weighted by Crippen LogP contribution is 2.28. The van der Waals surface area contributed by atoms with Crippen molar-refractivity contribution < 1.29 is 19.4 Å². The van der Waals surface area contributed by atoms with E-state index in [9.17, 15) is 14.7 Å². The minimum atomic E-state index is -1.15. The molecular formula is C13H14NO4-. The molecule has 5 heteroatoms. The van der Waals surface area contributed by atoms with Crippen LogP contribution in [0.25, 0.3) is 0 Å². The van der Waals surface area contributed by atoms with E-state index in [-0.39, 0.29) is 6.42 Å². The lowest BCUT2D eigenvalue weighted by Crippen LogP contribution is -2.64. The Hall–Kier alpha value is -1.88. The van der Waals surface area contributed by atoms with Crippen LogP contribution in [0, 0.1) is 0 Å². The van der Waals surface area contributed by atoms with Crippen LogP contribution >= 0.6 is 0 Å². The zero-order valence-corrected chi connectivity index (χ0v) is 10.0. The van der Waals surface area contributed by atoms with Crippen molar-refractivity contribution in [3.05, 3.63) is 35.9 Å². The molecule has 1 saturated heterocycles. The fourth-order valence-electron chi connectivity index (χ4n) is 2.18. The smallest absolute Gasteiger partial charge is 0.323 e. The normalized spacial score (nSPS) is 23.2. The van der Waals surface area contributed by atoms with Crippen LogP contribution in [-0.4, -0.2) is 36.0 Å². The highest BCUT2D eigenvalue weighted by atomic mass is 16.5. The average molecular weight is 248 g/mol. The maximum atomic E-state index is 11.5. The third-order valence-electron chi connectivity index (χ3n) is 3.20. The van der Waals surface area contributed by atoms with Gasteiger partial charge in [-0.15, -0.1) is 0 Å². The van der Waals surface area contributed by atoms with Gasteiger partial charge in [0, 0.05) is 6.54 Å². The van der Waals surface area contributed by atoms with E-state index in [1.54, 1.807) is 4.90 Å².